The van der Waals surface area contributed by atoms with E-state index >= 15 is 4.39 Å². The van der Waals surface area contributed by atoms with Crippen LogP contribution in [0.3, 0.4) is 0 Å². The van der Waals surface area contributed by atoms with Gasteiger partial charge in [-0.25, -0.2) is 4.39 Å². The standard InChI is InChI=1S/C26H37FO/c1-3-5-18-6-12-24-21(15-18)10-13-25(26(24)27)22-8-7-20-17-23(28-14-4-2)11-9-19(20)16-22/h4,10,13,18-20,22-23H,2-3,5-9,11-12,14-17H2,1H3. The molecule has 1 aromatic carbocycles. The molecule has 0 bridgehead atoms. The van der Waals surface area contributed by atoms with E-state index in [0.717, 1.165) is 54.6 Å². The highest BCUT2D eigenvalue weighted by molar-refractivity contribution is 5.38. The smallest absolute Gasteiger partial charge is 0.130 e. The van der Waals surface area contributed by atoms with Crippen molar-refractivity contribution < 1.29 is 9.13 Å². The van der Waals surface area contributed by atoms with E-state index in [1.807, 2.05) is 6.08 Å². The fraction of sp³-hybridized carbons (Fsp3) is 0.692. The molecular formula is C26H37FO. The molecule has 28 heavy (non-hydrogen) atoms. The average molecular weight is 385 g/mol. The molecular weight excluding hydrogens is 347 g/mol. The van der Waals surface area contributed by atoms with Crippen LogP contribution in [0.15, 0.2) is 24.8 Å². The quantitative estimate of drug-likeness (QED) is 0.480. The maximum Gasteiger partial charge on any atom is 0.130 e. The van der Waals surface area contributed by atoms with Crippen LogP contribution in [0.4, 0.5) is 4.39 Å². The summed E-state index contributed by atoms with van der Waals surface area (Å²) in [4.78, 5) is 0. The van der Waals surface area contributed by atoms with Crippen LogP contribution in [-0.4, -0.2) is 12.7 Å². The van der Waals surface area contributed by atoms with Crippen LogP contribution < -0.4 is 0 Å². The zero-order valence-corrected chi connectivity index (χ0v) is 17.6. The van der Waals surface area contributed by atoms with Crippen LogP contribution in [0, 0.1) is 23.6 Å². The number of fused-ring (bicyclic) bond motifs is 2. The van der Waals surface area contributed by atoms with E-state index in [1.165, 1.54) is 50.5 Å². The third kappa shape index (κ3) is 4.22. The Balaban J connectivity index is 1.42. The van der Waals surface area contributed by atoms with Gasteiger partial charge in [-0.1, -0.05) is 38.0 Å². The summed E-state index contributed by atoms with van der Waals surface area (Å²) in [6.45, 7) is 6.69. The van der Waals surface area contributed by atoms with Crippen molar-refractivity contribution in [2.45, 2.75) is 89.6 Å². The van der Waals surface area contributed by atoms with Gasteiger partial charge in [-0.05, 0) is 98.1 Å². The second-order valence-corrected chi connectivity index (χ2v) is 9.59. The summed E-state index contributed by atoms with van der Waals surface area (Å²) < 4.78 is 21.4. The molecule has 2 heteroatoms. The van der Waals surface area contributed by atoms with Crippen LogP contribution in [-0.2, 0) is 17.6 Å². The fourth-order valence-corrected chi connectivity index (χ4v) is 6.36. The van der Waals surface area contributed by atoms with Gasteiger partial charge in [0.25, 0.3) is 0 Å². The lowest BCUT2D eigenvalue weighted by Gasteiger charge is -2.42. The van der Waals surface area contributed by atoms with Gasteiger partial charge in [-0.3, -0.25) is 0 Å². The van der Waals surface area contributed by atoms with Gasteiger partial charge in [0.15, 0.2) is 0 Å². The number of ether oxygens (including phenoxy) is 1. The second kappa shape index (κ2) is 9.11. The molecule has 0 aliphatic heterocycles. The molecule has 0 spiro atoms. The van der Waals surface area contributed by atoms with Gasteiger partial charge >= 0.3 is 0 Å². The summed E-state index contributed by atoms with van der Waals surface area (Å²) >= 11 is 0. The van der Waals surface area contributed by atoms with Crippen molar-refractivity contribution in [1.29, 1.82) is 0 Å². The zero-order chi connectivity index (χ0) is 19.5. The summed E-state index contributed by atoms with van der Waals surface area (Å²) in [7, 11) is 0. The third-order valence-corrected chi connectivity index (χ3v) is 7.83. The Morgan fingerprint density at radius 2 is 1.93 bits per heavy atom. The Labute approximate surface area is 170 Å². The number of halogens is 1. The molecule has 1 nitrogen and oxygen atoms in total. The Kier molecular flexibility index (Phi) is 6.55. The monoisotopic (exact) mass is 384 g/mol. The van der Waals surface area contributed by atoms with Crippen molar-refractivity contribution in [3.05, 3.63) is 47.3 Å². The van der Waals surface area contributed by atoms with Crippen molar-refractivity contribution in [1.82, 2.24) is 0 Å². The SMILES string of the molecule is C=CCOC1CCC2CC(c3ccc4c(c3F)CCC(CCC)C4)CCC2C1. The molecule has 0 aromatic heterocycles. The normalized spacial score (nSPS) is 32.4. The van der Waals surface area contributed by atoms with E-state index in [4.69, 9.17) is 4.74 Å². The van der Waals surface area contributed by atoms with E-state index < -0.39 is 0 Å². The van der Waals surface area contributed by atoms with Crippen LogP contribution in [0.2, 0.25) is 0 Å². The van der Waals surface area contributed by atoms with Crippen LogP contribution in [0.1, 0.15) is 87.3 Å². The molecule has 4 rings (SSSR count). The average Bonchev–Trinajstić information content (AvgIpc) is 2.72. The predicted molar refractivity (Wildman–Crippen MR) is 114 cm³/mol. The lowest BCUT2D eigenvalue weighted by atomic mass is 9.65. The first-order valence-corrected chi connectivity index (χ1v) is 11.7. The topological polar surface area (TPSA) is 9.23 Å². The Morgan fingerprint density at radius 1 is 1.11 bits per heavy atom. The Hall–Kier alpha value is -1.15. The van der Waals surface area contributed by atoms with Crippen molar-refractivity contribution in [2.24, 2.45) is 17.8 Å². The largest absolute Gasteiger partial charge is 0.374 e. The van der Waals surface area contributed by atoms with Crippen LogP contribution in [0.5, 0.6) is 0 Å². The van der Waals surface area contributed by atoms with Gasteiger partial charge in [0.2, 0.25) is 0 Å². The predicted octanol–water partition coefficient (Wildman–Crippen LogP) is 6.99. The highest BCUT2D eigenvalue weighted by atomic mass is 19.1. The van der Waals surface area contributed by atoms with E-state index in [1.54, 1.807) is 0 Å². The molecule has 5 atom stereocenters. The summed E-state index contributed by atoms with van der Waals surface area (Å²) in [6, 6.07) is 4.41. The Morgan fingerprint density at radius 3 is 2.75 bits per heavy atom. The molecule has 1 aromatic rings. The van der Waals surface area contributed by atoms with E-state index in [2.05, 4.69) is 25.6 Å². The lowest BCUT2D eigenvalue weighted by Crippen LogP contribution is -2.34. The minimum Gasteiger partial charge on any atom is -0.374 e. The number of rotatable bonds is 6. The highest BCUT2D eigenvalue weighted by Crippen LogP contribution is 2.47. The van der Waals surface area contributed by atoms with Gasteiger partial charge < -0.3 is 4.74 Å². The Bertz CT molecular complexity index is 681. The van der Waals surface area contributed by atoms with Gasteiger partial charge in [-0.15, -0.1) is 6.58 Å². The molecule has 2 saturated carbocycles. The van der Waals surface area contributed by atoms with Crippen molar-refractivity contribution in [2.75, 3.05) is 6.61 Å². The zero-order valence-electron chi connectivity index (χ0n) is 17.6. The maximum atomic E-state index is 15.4. The van der Waals surface area contributed by atoms with Crippen LogP contribution in [0.25, 0.3) is 0 Å². The molecule has 0 N–H and O–H groups in total. The third-order valence-electron chi connectivity index (χ3n) is 7.83. The summed E-state index contributed by atoms with van der Waals surface area (Å²) in [5, 5.41) is 0. The summed E-state index contributed by atoms with van der Waals surface area (Å²) in [5.41, 5.74) is 3.36. The molecule has 5 unspecified atom stereocenters. The van der Waals surface area contributed by atoms with E-state index in [0.29, 0.717) is 18.6 Å². The maximum absolute atomic E-state index is 15.4. The number of hydrogen-bond donors (Lipinski definition) is 0. The highest BCUT2D eigenvalue weighted by Gasteiger charge is 2.37. The lowest BCUT2D eigenvalue weighted by molar-refractivity contribution is -0.00325. The summed E-state index contributed by atoms with van der Waals surface area (Å²) in [6.07, 6.45) is 15.1. The second-order valence-electron chi connectivity index (χ2n) is 9.59. The van der Waals surface area contributed by atoms with Crippen molar-refractivity contribution in [3.63, 3.8) is 0 Å². The first-order chi connectivity index (χ1) is 13.7. The van der Waals surface area contributed by atoms with Gasteiger partial charge in [0.1, 0.15) is 5.82 Å². The first kappa shape index (κ1) is 20.1. The fourth-order valence-electron chi connectivity index (χ4n) is 6.36. The van der Waals surface area contributed by atoms with E-state index in [-0.39, 0.29) is 5.82 Å². The molecule has 0 saturated heterocycles. The molecule has 0 heterocycles. The van der Waals surface area contributed by atoms with Gasteiger partial charge in [0.05, 0.1) is 12.7 Å². The minimum absolute atomic E-state index is 0.152. The number of benzene rings is 1. The van der Waals surface area contributed by atoms with Crippen molar-refractivity contribution >= 4 is 0 Å². The van der Waals surface area contributed by atoms with Crippen LogP contribution >= 0.6 is 0 Å². The first-order valence-electron chi connectivity index (χ1n) is 11.7. The molecule has 2 fully saturated rings. The molecule has 3 aliphatic rings. The minimum atomic E-state index is 0.152. The molecule has 0 radical (unpaired) electrons. The number of hydrogen-bond acceptors (Lipinski definition) is 1. The molecule has 0 amide bonds. The van der Waals surface area contributed by atoms with Gasteiger partial charge in [0, 0.05) is 0 Å². The summed E-state index contributed by atoms with van der Waals surface area (Å²) in [5.74, 6) is 2.86. The molecule has 154 valence electrons. The van der Waals surface area contributed by atoms with Crippen molar-refractivity contribution in [3.8, 4) is 0 Å². The van der Waals surface area contributed by atoms with Gasteiger partial charge in [-0.2, -0.15) is 0 Å². The molecule has 3 aliphatic carbocycles. The van der Waals surface area contributed by atoms with E-state index in [9.17, 15) is 0 Å².